The molecule has 0 saturated carbocycles. The van der Waals surface area contributed by atoms with Gasteiger partial charge in [0.05, 0.1) is 17.7 Å². The summed E-state index contributed by atoms with van der Waals surface area (Å²) < 4.78 is 27.6. The van der Waals surface area contributed by atoms with Gasteiger partial charge in [-0.05, 0) is 41.6 Å². The normalized spacial score (nSPS) is 12.4. The average molecular weight is 543 g/mol. The second kappa shape index (κ2) is 11.3. The number of aromatic amines is 1. The van der Waals surface area contributed by atoms with Crippen LogP contribution in [0.5, 0.6) is 0 Å². The minimum absolute atomic E-state index is 0.0825. The van der Waals surface area contributed by atoms with Crippen molar-refractivity contribution in [2.75, 3.05) is 24.4 Å². The standard InChI is InChI=1S/C25H26N4O4S3/c1-17-10-11-22(29(2)36(32,33)23-9-6-12-34-23)24-20(17)13-21(28-24)25(30)26-14-19(15-27-31)35-16-18-7-4-3-5-8-18/h3-13,19,28H,14-16H2,1-2H3,(H,26,30). The van der Waals surface area contributed by atoms with Gasteiger partial charge >= 0.3 is 0 Å². The van der Waals surface area contributed by atoms with Crippen molar-refractivity contribution in [3.63, 3.8) is 0 Å². The molecule has 0 spiro atoms. The number of fused-ring (bicyclic) bond motifs is 1. The Morgan fingerprint density at radius 2 is 1.94 bits per heavy atom. The smallest absolute Gasteiger partial charge is 0.273 e. The maximum atomic E-state index is 13.1. The van der Waals surface area contributed by atoms with Crippen LogP contribution in [0.4, 0.5) is 5.69 Å². The van der Waals surface area contributed by atoms with Crippen LogP contribution in [-0.2, 0) is 15.8 Å². The lowest BCUT2D eigenvalue weighted by molar-refractivity contribution is 0.0950. The Morgan fingerprint density at radius 3 is 2.64 bits per heavy atom. The summed E-state index contributed by atoms with van der Waals surface area (Å²) in [6.45, 7) is 2.26. The van der Waals surface area contributed by atoms with Crippen LogP contribution >= 0.6 is 23.1 Å². The molecule has 1 unspecified atom stereocenters. The first-order chi connectivity index (χ1) is 17.3. The Morgan fingerprint density at radius 1 is 1.17 bits per heavy atom. The number of benzene rings is 2. The molecule has 0 fully saturated rings. The van der Waals surface area contributed by atoms with Crippen molar-refractivity contribution in [3.05, 3.63) is 87.8 Å². The highest BCUT2D eigenvalue weighted by Gasteiger charge is 2.25. The van der Waals surface area contributed by atoms with Gasteiger partial charge in [-0.25, -0.2) is 8.42 Å². The van der Waals surface area contributed by atoms with E-state index >= 15 is 0 Å². The number of hydrogen-bond donors (Lipinski definition) is 2. The number of nitrogens with zero attached hydrogens (tertiary/aromatic N) is 2. The zero-order valence-corrected chi connectivity index (χ0v) is 22.3. The Labute approximate surface area is 218 Å². The molecule has 8 nitrogen and oxygen atoms in total. The van der Waals surface area contributed by atoms with Crippen LogP contribution in [-0.4, -0.2) is 44.7 Å². The lowest BCUT2D eigenvalue weighted by atomic mass is 10.1. The van der Waals surface area contributed by atoms with E-state index in [0.717, 1.165) is 27.8 Å². The molecule has 188 valence electrons. The first kappa shape index (κ1) is 25.9. The van der Waals surface area contributed by atoms with E-state index in [9.17, 15) is 18.1 Å². The van der Waals surface area contributed by atoms with Gasteiger partial charge in [-0.3, -0.25) is 9.10 Å². The Balaban J connectivity index is 1.52. The molecule has 2 heterocycles. The first-order valence-corrected chi connectivity index (χ1v) is 14.6. The van der Waals surface area contributed by atoms with Gasteiger partial charge in [0.2, 0.25) is 0 Å². The summed E-state index contributed by atoms with van der Waals surface area (Å²) in [5.74, 6) is 0.369. The lowest BCUT2D eigenvalue weighted by Gasteiger charge is -2.19. The fourth-order valence-corrected chi connectivity index (χ4v) is 7.11. The molecular formula is C25H26N4O4S3. The number of aromatic nitrogens is 1. The van der Waals surface area contributed by atoms with Gasteiger partial charge in [-0.15, -0.1) is 23.1 Å². The van der Waals surface area contributed by atoms with E-state index in [1.54, 1.807) is 41.4 Å². The molecule has 0 aliphatic carbocycles. The summed E-state index contributed by atoms with van der Waals surface area (Å²) in [6.07, 6.45) is 0. The topological polar surface area (TPSA) is 112 Å². The molecule has 0 bridgehead atoms. The summed E-state index contributed by atoms with van der Waals surface area (Å²) in [7, 11) is -2.23. The van der Waals surface area contributed by atoms with Gasteiger partial charge in [0.1, 0.15) is 9.90 Å². The molecule has 1 atom stereocenters. The highest BCUT2D eigenvalue weighted by Crippen LogP contribution is 2.33. The quantitative estimate of drug-likeness (QED) is 0.254. The summed E-state index contributed by atoms with van der Waals surface area (Å²) in [5.41, 5.74) is 3.36. The Kier molecular flexibility index (Phi) is 8.12. The number of H-pyrrole nitrogens is 1. The van der Waals surface area contributed by atoms with E-state index in [1.807, 2.05) is 43.3 Å². The largest absolute Gasteiger partial charge is 0.350 e. The third-order valence-corrected chi connectivity index (χ3v) is 10.2. The predicted octanol–water partition coefficient (Wildman–Crippen LogP) is 5.16. The van der Waals surface area contributed by atoms with Crippen LogP contribution in [0.2, 0.25) is 0 Å². The third kappa shape index (κ3) is 5.63. The molecule has 0 aliphatic rings. The molecule has 0 saturated heterocycles. The SMILES string of the molecule is Cc1ccc(N(C)S(=O)(=O)c2cccs2)c2[nH]c(C(=O)NCC(CN=O)SCc3ccccc3)cc12. The Bertz CT molecular complexity index is 1450. The van der Waals surface area contributed by atoms with E-state index in [1.165, 1.54) is 11.4 Å². The summed E-state index contributed by atoms with van der Waals surface area (Å²) >= 11 is 2.71. The van der Waals surface area contributed by atoms with Crippen molar-refractivity contribution in [2.24, 2.45) is 5.18 Å². The number of aryl methyl sites for hydroxylation is 1. The maximum absolute atomic E-state index is 13.1. The van der Waals surface area contributed by atoms with Crippen LogP contribution in [0, 0.1) is 11.8 Å². The number of nitroso groups, excluding NO2 is 1. The maximum Gasteiger partial charge on any atom is 0.273 e. The van der Waals surface area contributed by atoms with E-state index in [0.29, 0.717) is 22.7 Å². The van der Waals surface area contributed by atoms with E-state index in [-0.39, 0.29) is 28.5 Å². The molecule has 2 N–H and O–H groups in total. The second-order valence-corrected chi connectivity index (χ2v) is 12.7. The zero-order chi connectivity index (χ0) is 25.7. The van der Waals surface area contributed by atoms with Crippen LogP contribution in [0.25, 0.3) is 10.9 Å². The van der Waals surface area contributed by atoms with Crippen molar-refractivity contribution in [1.82, 2.24) is 10.3 Å². The highest BCUT2D eigenvalue weighted by atomic mass is 32.2. The van der Waals surface area contributed by atoms with Gasteiger partial charge in [0.15, 0.2) is 0 Å². The molecule has 2 aromatic heterocycles. The number of thioether (sulfide) groups is 1. The lowest BCUT2D eigenvalue weighted by Crippen LogP contribution is -2.32. The first-order valence-electron chi connectivity index (χ1n) is 11.2. The highest BCUT2D eigenvalue weighted by molar-refractivity contribution is 7.99. The van der Waals surface area contributed by atoms with Crippen molar-refractivity contribution < 1.29 is 13.2 Å². The van der Waals surface area contributed by atoms with Gasteiger partial charge in [0, 0.05) is 30.0 Å². The molecule has 36 heavy (non-hydrogen) atoms. The van der Waals surface area contributed by atoms with E-state index < -0.39 is 10.0 Å². The average Bonchev–Trinajstić information content (AvgIpc) is 3.58. The summed E-state index contributed by atoms with van der Waals surface area (Å²) in [5, 5.41) is 8.22. The third-order valence-electron chi connectivity index (χ3n) is 5.78. The molecular weight excluding hydrogens is 517 g/mol. The molecule has 1 amide bonds. The number of hydrogen-bond acceptors (Lipinski definition) is 7. The summed E-state index contributed by atoms with van der Waals surface area (Å²) in [4.78, 5) is 27.0. The van der Waals surface area contributed by atoms with Crippen LogP contribution in [0.1, 0.15) is 21.6 Å². The van der Waals surface area contributed by atoms with Gasteiger partial charge in [-0.2, -0.15) is 4.91 Å². The predicted molar refractivity (Wildman–Crippen MR) is 147 cm³/mol. The number of rotatable bonds is 11. The zero-order valence-electron chi connectivity index (χ0n) is 19.8. The number of carbonyl (C=O) groups is 1. The minimum Gasteiger partial charge on any atom is -0.350 e. The fourth-order valence-electron chi connectivity index (χ4n) is 3.75. The molecule has 11 heteroatoms. The molecule has 0 aliphatic heterocycles. The number of carbonyl (C=O) groups excluding carboxylic acids is 1. The van der Waals surface area contributed by atoms with Gasteiger partial charge in [0.25, 0.3) is 15.9 Å². The number of anilines is 1. The van der Waals surface area contributed by atoms with Gasteiger partial charge < -0.3 is 10.3 Å². The minimum atomic E-state index is -3.73. The van der Waals surface area contributed by atoms with Crippen LogP contribution in [0.15, 0.2) is 75.4 Å². The second-order valence-electron chi connectivity index (χ2n) is 8.22. The summed E-state index contributed by atoms with van der Waals surface area (Å²) in [6, 6.07) is 18.4. The molecule has 2 aromatic carbocycles. The number of thiophene rings is 1. The Hall–Kier alpha value is -3.15. The number of amides is 1. The van der Waals surface area contributed by atoms with Gasteiger partial charge in [-0.1, -0.05) is 47.6 Å². The monoisotopic (exact) mass is 542 g/mol. The van der Waals surface area contributed by atoms with Crippen molar-refractivity contribution >= 4 is 55.6 Å². The molecule has 4 rings (SSSR count). The van der Waals surface area contributed by atoms with Crippen LogP contribution in [0.3, 0.4) is 0 Å². The van der Waals surface area contributed by atoms with Crippen molar-refractivity contribution in [2.45, 2.75) is 22.1 Å². The molecule has 4 aromatic rings. The number of sulfonamides is 1. The van der Waals surface area contributed by atoms with Crippen molar-refractivity contribution in [3.8, 4) is 0 Å². The fraction of sp³-hybridized carbons (Fsp3) is 0.240. The number of nitrogens with one attached hydrogen (secondary N) is 2. The van der Waals surface area contributed by atoms with Crippen molar-refractivity contribution in [1.29, 1.82) is 0 Å². The van der Waals surface area contributed by atoms with Crippen LogP contribution < -0.4 is 9.62 Å². The molecule has 0 radical (unpaired) electrons. The van der Waals surface area contributed by atoms with E-state index in [2.05, 4.69) is 15.5 Å². The van der Waals surface area contributed by atoms with E-state index in [4.69, 9.17) is 0 Å².